The summed E-state index contributed by atoms with van der Waals surface area (Å²) in [5, 5.41) is 24.1. The van der Waals surface area contributed by atoms with Gasteiger partial charge in [-0.1, -0.05) is 66.5 Å². The van der Waals surface area contributed by atoms with Crippen molar-refractivity contribution in [2.24, 2.45) is 22.9 Å². The summed E-state index contributed by atoms with van der Waals surface area (Å²) < 4.78 is 35.0. The second-order valence-corrected chi connectivity index (χ2v) is 14.8. The summed E-state index contributed by atoms with van der Waals surface area (Å²) in [7, 11) is 0. The lowest BCUT2D eigenvalue weighted by atomic mass is 9.56. The van der Waals surface area contributed by atoms with Gasteiger partial charge in [0.25, 0.3) is 0 Å². The zero-order valence-corrected chi connectivity index (χ0v) is 30.2. The number of aliphatic hydroxyl groups is 2. The Morgan fingerprint density at radius 3 is 2.51 bits per heavy atom. The first-order valence-corrected chi connectivity index (χ1v) is 19.2. The number of oxime groups is 1. The van der Waals surface area contributed by atoms with E-state index in [-0.39, 0.29) is 54.6 Å². The van der Waals surface area contributed by atoms with E-state index < -0.39 is 5.79 Å². The molecule has 2 aliphatic carbocycles. The van der Waals surface area contributed by atoms with Crippen molar-refractivity contribution in [2.45, 2.75) is 80.3 Å². The number of aliphatic hydroxyl groups excluding tert-OH is 2. The maximum Gasteiger partial charge on any atom is 0.231 e. The molecule has 0 saturated heterocycles. The summed E-state index contributed by atoms with van der Waals surface area (Å²) in [6.45, 7) is 7.09. The maximum absolute atomic E-state index is 14.6. The van der Waals surface area contributed by atoms with Crippen LogP contribution in [0.5, 0.6) is 11.5 Å². The van der Waals surface area contributed by atoms with E-state index in [1.54, 1.807) is 30.0 Å². The predicted octanol–water partition coefficient (Wildman–Crippen LogP) is 8.85. The molecule has 9 heteroatoms. The molecule has 1 saturated carbocycles. The number of nitrogens with zero attached hydrogens (tertiary/aromatic N) is 1. The van der Waals surface area contributed by atoms with Gasteiger partial charge in [0.15, 0.2) is 0 Å². The highest BCUT2D eigenvalue weighted by atomic mass is 32.2. The van der Waals surface area contributed by atoms with Crippen molar-refractivity contribution in [3.63, 3.8) is 0 Å². The van der Waals surface area contributed by atoms with Crippen molar-refractivity contribution in [3.8, 4) is 11.5 Å². The van der Waals surface area contributed by atoms with Crippen molar-refractivity contribution < 1.29 is 33.7 Å². The Morgan fingerprint density at radius 1 is 1.00 bits per heavy atom. The number of hydrogen-bond acceptors (Lipinski definition) is 8. The van der Waals surface area contributed by atoms with Gasteiger partial charge in [-0.25, -0.2) is 4.39 Å². The van der Waals surface area contributed by atoms with E-state index in [0.717, 1.165) is 59.6 Å². The number of thioether (sulfide) groups is 1. The Balaban J connectivity index is 1.52. The van der Waals surface area contributed by atoms with Gasteiger partial charge < -0.3 is 29.3 Å². The predicted molar refractivity (Wildman–Crippen MR) is 200 cm³/mol. The van der Waals surface area contributed by atoms with Gasteiger partial charge in [0.2, 0.25) is 5.79 Å². The summed E-state index contributed by atoms with van der Waals surface area (Å²) in [5.41, 5.74) is 3.50. The number of ether oxygens (including phenoxy) is 3. The van der Waals surface area contributed by atoms with E-state index in [0.29, 0.717) is 37.4 Å². The highest BCUT2D eigenvalue weighted by molar-refractivity contribution is 8.00. The summed E-state index contributed by atoms with van der Waals surface area (Å²) in [6.07, 6.45) is 9.73. The van der Waals surface area contributed by atoms with E-state index in [1.807, 2.05) is 43.3 Å². The van der Waals surface area contributed by atoms with Crippen molar-refractivity contribution in [1.29, 1.82) is 0 Å². The molecule has 0 radical (unpaired) electrons. The second-order valence-electron chi connectivity index (χ2n) is 13.5. The molecular weight excluding hydrogens is 666 g/mol. The Labute approximate surface area is 305 Å². The van der Waals surface area contributed by atoms with Gasteiger partial charge >= 0.3 is 0 Å². The van der Waals surface area contributed by atoms with Gasteiger partial charge in [-0.2, -0.15) is 0 Å². The quantitative estimate of drug-likeness (QED) is 0.0773. The normalized spacial score (nSPS) is 25.7. The SMILES string of the molecule is C=CCO[C@@]12Oc3ccc(OCc4ccccc4F)cc3[C@H]3[C@H](CCCCO)[C@@H](CCCCO)C=C(C(=NOCC)C[C@@H]1Sc1ccccc1)[C@H]32. The lowest BCUT2D eigenvalue weighted by Gasteiger charge is -2.58. The largest absolute Gasteiger partial charge is 0.489 e. The lowest BCUT2D eigenvalue weighted by Crippen LogP contribution is -2.64. The minimum absolute atomic E-state index is 0.0561. The van der Waals surface area contributed by atoms with Crippen LogP contribution in [-0.2, 0) is 16.2 Å². The molecule has 0 unspecified atom stereocenters. The van der Waals surface area contributed by atoms with Crippen LogP contribution in [0, 0.1) is 23.6 Å². The Bertz CT molecular complexity index is 1670. The van der Waals surface area contributed by atoms with Crippen LogP contribution in [0.15, 0.2) is 107 Å². The van der Waals surface area contributed by atoms with Crippen LogP contribution in [0.1, 0.15) is 68.9 Å². The van der Waals surface area contributed by atoms with E-state index in [4.69, 9.17) is 24.2 Å². The van der Waals surface area contributed by atoms with Crippen LogP contribution < -0.4 is 9.47 Å². The highest BCUT2D eigenvalue weighted by Gasteiger charge is 2.64. The standard InChI is InChI=1S/C42H50FNO6S/c1-3-24-48-42-39(51-32-16-6-5-7-17-32)27-37(44-49-4-2)34-25-29(14-10-12-22-45)33(18-11-13-23-46)40(41(34)42)35-26-31(20-21-38(35)50-42)47-28-30-15-8-9-19-36(30)43/h3,5-9,15-17,19-21,25-26,29,33,39-41,45-46H,1,4,10-14,18,22-24,27-28H2,2H3/t29-,33+,39-,40+,41+,42+/m0/s1. The average molecular weight is 716 g/mol. The van der Waals surface area contributed by atoms with Crippen molar-refractivity contribution in [1.82, 2.24) is 0 Å². The molecule has 3 aromatic carbocycles. The Morgan fingerprint density at radius 2 is 1.76 bits per heavy atom. The van der Waals surface area contributed by atoms with Gasteiger partial charge in [0, 0.05) is 41.6 Å². The lowest BCUT2D eigenvalue weighted by molar-refractivity contribution is -0.223. The van der Waals surface area contributed by atoms with Gasteiger partial charge in [-0.15, -0.1) is 18.3 Å². The number of fused-ring (bicyclic) bond motifs is 2. The van der Waals surface area contributed by atoms with Crippen molar-refractivity contribution >= 4 is 17.5 Å². The summed E-state index contributed by atoms with van der Waals surface area (Å²) >= 11 is 1.73. The topological polar surface area (TPSA) is 89.7 Å². The number of hydrogen-bond donors (Lipinski definition) is 2. The average Bonchev–Trinajstić information content (AvgIpc) is 3.15. The number of rotatable bonds is 18. The zero-order valence-electron chi connectivity index (χ0n) is 29.4. The number of unbranched alkanes of at least 4 members (excludes halogenated alkanes) is 2. The van der Waals surface area contributed by atoms with Crippen LogP contribution in [0.3, 0.4) is 0 Å². The highest BCUT2D eigenvalue weighted by Crippen LogP contribution is 2.63. The minimum atomic E-state index is -1.07. The van der Waals surface area contributed by atoms with E-state index in [1.165, 1.54) is 6.07 Å². The fraction of sp³-hybridized carbons (Fsp3) is 0.452. The molecule has 6 rings (SSSR count). The molecule has 272 valence electrons. The number of allylic oxidation sites excluding steroid dienone is 1. The molecule has 51 heavy (non-hydrogen) atoms. The van der Waals surface area contributed by atoms with Gasteiger partial charge in [-0.3, -0.25) is 0 Å². The van der Waals surface area contributed by atoms with E-state index in [2.05, 4.69) is 30.9 Å². The minimum Gasteiger partial charge on any atom is -0.489 e. The third-order valence-electron chi connectivity index (χ3n) is 10.3. The first kappa shape index (κ1) is 37.1. The number of halogens is 1. The smallest absolute Gasteiger partial charge is 0.231 e. The molecule has 1 aliphatic heterocycles. The summed E-state index contributed by atoms with van der Waals surface area (Å²) in [5.74, 6) is 0.0704. The Kier molecular flexibility index (Phi) is 12.9. The zero-order chi connectivity index (χ0) is 35.6. The fourth-order valence-electron chi connectivity index (χ4n) is 8.10. The first-order valence-electron chi connectivity index (χ1n) is 18.3. The molecule has 2 N–H and O–H groups in total. The summed E-state index contributed by atoms with van der Waals surface area (Å²) in [4.78, 5) is 6.90. The molecule has 1 fully saturated rings. The molecule has 0 amide bonds. The van der Waals surface area contributed by atoms with Crippen LogP contribution >= 0.6 is 11.8 Å². The van der Waals surface area contributed by atoms with Crippen LogP contribution in [0.2, 0.25) is 0 Å². The maximum atomic E-state index is 14.6. The molecule has 7 nitrogen and oxygen atoms in total. The molecular formula is C42H50FNO6S. The fourth-order valence-corrected chi connectivity index (χ4v) is 9.41. The molecule has 0 bridgehead atoms. The third-order valence-corrected chi connectivity index (χ3v) is 11.6. The number of benzene rings is 3. The van der Waals surface area contributed by atoms with Crippen molar-refractivity contribution in [3.05, 3.63) is 114 Å². The molecule has 3 aliphatic rings. The monoisotopic (exact) mass is 715 g/mol. The Hall–Kier alpha value is -3.63. The molecule has 1 heterocycles. The van der Waals surface area contributed by atoms with Crippen LogP contribution in [0.4, 0.5) is 4.39 Å². The van der Waals surface area contributed by atoms with Gasteiger partial charge in [0.1, 0.15) is 30.5 Å². The molecule has 0 spiro atoms. The van der Waals surface area contributed by atoms with Crippen molar-refractivity contribution in [2.75, 3.05) is 26.4 Å². The third kappa shape index (κ3) is 8.22. The summed E-state index contributed by atoms with van der Waals surface area (Å²) in [6, 6.07) is 22.9. The molecule has 6 atom stereocenters. The molecule has 3 aromatic rings. The molecule has 0 aromatic heterocycles. The van der Waals surface area contributed by atoms with E-state index in [9.17, 15) is 14.6 Å². The van der Waals surface area contributed by atoms with Gasteiger partial charge in [-0.05, 0) is 86.4 Å². The van der Waals surface area contributed by atoms with Gasteiger partial charge in [0.05, 0.1) is 23.5 Å². The van der Waals surface area contributed by atoms with E-state index >= 15 is 0 Å². The first-order chi connectivity index (χ1) is 25.0. The van der Waals surface area contributed by atoms with Crippen LogP contribution in [-0.4, -0.2) is 53.4 Å². The second kappa shape index (κ2) is 17.7. The van der Waals surface area contributed by atoms with Crippen LogP contribution in [0.25, 0.3) is 0 Å².